The van der Waals surface area contributed by atoms with Crippen molar-refractivity contribution in [2.75, 3.05) is 0 Å². The number of nitrogens with one attached hydrogen (secondary N) is 1. The zero-order chi connectivity index (χ0) is 16.7. The lowest BCUT2D eigenvalue weighted by molar-refractivity contribution is 0.0972. The molecular formula is C14H10BrClN4O3. The van der Waals surface area contributed by atoms with E-state index in [1.807, 2.05) is 0 Å². The Kier molecular flexibility index (Phi) is 3.95. The van der Waals surface area contributed by atoms with Crippen LogP contribution in [0.1, 0.15) is 10.4 Å². The molecule has 0 unspecified atom stereocenters. The third kappa shape index (κ3) is 2.75. The second-order valence-corrected chi connectivity index (χ2v) is 6.04. The van der Waals surface area contributed by atoms with Gasteiger partial charge in [0.05, 0.1) is 6.54 Å². The number of carbonyl (C=O) groups excluding carboxylic acids is 1. The van der Waals surface area contributed by atoms with Crippen molar-refractivity contribution in [2.45, 2.75) is 6.54 Å². The molecule has 118 valence electrons. The van der Waals surface area contributed by atoms with E-state index >= 15 is 0 Å². The summed E-state index contributed by atoms with van der Waals surface area (Å²) in [4.78, 5) is 42.4. The Morgan fingerprint density at radius 3 is 2.83 bits per heavy atom. The number of nitrogens with zero attached hydrogens (tertiary/aromatic N) is 3. The molecule has 0 atom stereocenters. The molecule has 3 rings (SSSR count). The maximum absolute atomic E-state index is 12.4. The molecule has 1 N–H and O–H groups in total. The first-order valence-electron chi connectivity index (χ1n) is 6.52. The zero-order valence-electron chi connectivity index (χ0n) is 11.8. The number of rotatable bonds is 3. The third-order valence-electron chi connectivity index (χ3n) is 3.41. The van der Waals surface area contributed by atoms with E-state index in [4.69, 9.17) is 11.6 Å². The first-order chi connectivity index (χ1) is 10.9. The maximum atomic E-state index is 12.4. The van der Waals surface area contributed by atoms with Crippen LogP contribution in [0.5, 0.6) is 0 Å². The predicted octanol–water partition coefficient (Wildman–Crippen LogP) is 1.72. The molecule has 0 fully saturated rings. The molecule has 0 radical (unpaired) electrons. The average Bonchev–Trinajstić information content (AvgIpc) is 2.82. The van der Waals surface area contributed by atoms with Gasteiger partial charge in [-0.05, 0) is 28.1 Å². The van der Waals surface area contributed by atoms with Gasteiger partial charge in [0.15, 0.2) is 21.7 Å². The van der Waals surface area contributed by atoms with Gasteiger partial charge in [0.1, 0.15) is 0 Å². The topological polar surface area (TPSA) is 89.8 Å². The second kappa shape index (κ2) is 5.78. The monoisotopic (exact) mass is 396 g/mol. The van der Waals surface area contributed by atoms with Crippen molar-refractivity contribution in [3.63, 3.8) is 0 Å². The lowest BCUT2D eigenvalue weighted by Crippen LogP contribution is -2.29. The second-order valence-electron chi connectivity index (χ2n) is 4.89. The van der Waals surface area contributed by atoms with Crippen LogP contribution in [0.15, 0.2) is 38.6 Å². The number of hydrogen-bond acceptors (Lipinski definition) is 4. The van der Waals surface area contributed by atoms with Crippen LogP contribution in [0.2, 0.25) is 5.02 Å². The molecule has 2 aromatic heterocycles. The van der Waals surface area contributed by atoms with E-state index in [-0.39, 0.29) is 28.2 Å². The molecule has 0 saturated carbocycles. The van der Waals surface area contributed by atoms with Crippen molar-refractivity contribution in [3.05, 3.63) is 60.4 Å². The number of Topliss-reactive ketones (excluding diaryl/α,β-unsaturated/α-hetero) is 1. The third-order valence-corrected chi connectivity index (χ3v) is 4.25. The zero-order valence-corrected chi connectivity index (χ0v) is 14.2. The first-order valence-corrected chi connectivity index (χ1v) is 7.69. The smallest absolute Gasteiger partial charge is 0.305 e. The van der Waals surface area contributed by atoms with E-state index in [1.165, 1.54) is 16.2 Å². The lowest BCUT2D eigenvalue weighted by Gasteiger charge is -2.05. The number of aryl methyl sites for hydroxylation is 1. The van der Waals surface area contributed by atoms with Gasteiger partial charge in [-0.15, -0.1) is 0 Å². The van der Waals surface area contributed by atoms with Crippen LogP contribution in [0.25, 0.3) is 11.2 Å². The summed E-state index contributed by atoms with van der Waals surface area (Å²) in [6.07, 6.45) is 0. The maximum Gasteiger partial charge on any atom is 0.329 e. The molecule has 0 bridgehead atoms. The summed E-state index contributed by atoms with van der Waals surface area (Å²) in [6.45, 7) is -0.112. The molecule has 0 amide bonds. The molecule has 0 aliphatic rings. The molecule has 1 aromatic carbocycles. The fraction of sp³-hybridized carbons (Fsp3) is 0.143. The summed E-state index contributed by atoms with van der Waals surface area (Å²) in [5.74, 6) is -0.235. The minimum atomic E-state index is -0.597. The fourth-order valence-corrected chi connectivity index (χ4v) is 2.91. The van der Waals surface area contributed by atoms with Gasteiger partial charge in [-0.3, -0.25) is 19.1 Å². The van der Waals surface area contributed by atoms with Gasteiger partial charge in [-0.2, -0.15) is 0 Å². The van der Waals surface area contributed by atoms with Crippen LogP contribution in [0, 0.1) is 0 Å². The lowest BCUT2D eigenvalue weighted by atomic mass is 10.1. The number of halogens is 2. The van der Waals surface area contributed by atoms with E-state index in [1.54, 1.807) is 24.3 Å². The minimum Gasteiger partial charge on any atom is -0.305 e. The summed E-state index contributed by atoms with van der Waals surface area (Å²) in [6, 6.07) is 6.53. The van der Waals surface area contributed by atoms with Gasteiger partial charge >= 0.3 is 5.69 Å². The van der Waals surface area contributed by atoms with Crippen molar-refractivity contribution < 1.29 is 4.79 Å². The molecule has 0 aliphatic carbocycles. The number of aromatic nitrogens is 4. The van der Waals surface area contributed by atoms with Crippen molar-refractivity contribution in [3.8, 4) is 0 Å². The number of carbonyl (C=O) groups is 1. The van der Waals surface area contributed by atoms with Crippen molar-refractivity contribution >= 4 is 44.5 Å². The number of aromatic amines is 1. The largest absolute Gasteiger partial charge is 0.329 e. The highest BCUT2D eigenvalue weighted by Crippen LogP contribution is 2.18. The van der Waals surface area contributed by atoms with E-state index in [2.05, 4.69) is 25.9 Å². The molecule has 2 heterocycles. The van der Waals surface area contributed by atoms with E-state index < -0.39 is 11.2 Å². The van der Waals surface area contributed by atoms with E-state index in [0.717, 1.165) is 0 Å². The quantitative estimate of drug-likeness (QED) is 0.538. The Balaban J connectivity index is 2.12. The number of H-pyrrole nitrogens is 1. The predicted molar refractivity (Wildman–Crippen MR) is 89.1 cm³/mol. The summed E-state index contributed by atoms with van der Waals surface area (Å²) in [7, 11) is 1.49. The van der Waals surface area contributed by atoms with Gasteiger partial charge in [-0.1, -0.05) is 23.7 Å². The minimum absolute atomic E-state index is 0.112. The molecule has 0 aliphatic heterocycles. The van der Waals surface area contributed by atoms with Crippen LogP contribution in [-0.2, 0) is 13.6 Å². The Bertz CT molecular complexity index is 1050. The highest BCUT2D eigenvalue weighted by molar-refractivity contribution is 9.10. The Morgan fingerprint density at radius 1 is 1.39 bits per heavy atom. The number of fused-ring (bicyclic) bond motifs is 1. The van der Waals surface area contributed by atoms with Gasteiger partial charge in [-0.25, -0.2) is 9.78 Å². The highest BCUT2D eigenvalue weighted by Gasteiger charge is 2.18. The molecule has 9 heteroatoms. The average molecular weight is 398 g/mol. The van der Waals surface area contributed by atoms with Crippen LogP contribution in [-0.4, -0.2) is 24.9 Å². The van der Waals surface area contributed by atoms with E-state index in [0.29, 0.717) is 10.6 Å². The highest BCUT2D eigenvalue weighted by atomic mass is 79.9. The number of benzene rings is 1. The molecule has 0 saturated heterocycles. The van der Waals surface area contributed by atoms with Gasteiger partial charge in [0.2, 0.25) is 0 Å². The van der Waals surface area contributed by atoms with Crippen LogP contribution in [0.3, 0.4) is 0 Å². The number of ketones is 1. The first kappa shape index (κ1) is 15.7. The van der Waals surface area contributed by atoms with Gasteiger partial charge in [0.25, 0.3) is 5.56 Å². The summed E-state index contributed by atoms with van der Waals surface area (Å²) in [5.41, 5.74) is -0.396. The van der Waals surface area contributed by atoms with Crippen LogP contribution < -0.4 is 11.2 Å². The van der Waals surface area contributed by atoms with E-state index in [9.17, 15) is 14.4 Å². The Morgan fingerprint density at radius 2 is 2.13 bits per heavy atom. The van der Waals surface area contributed by atoms with Crippen molar-refractivity contribution in [1.29, 1.82) is 0 Å². The Hall–Kier alpha value is -2.19. The van der Waals surface area contributed by atoms with Crippen molar-refractivity contribution in [2.24, 2.45) is 7.05 Å². The van der Waals surface area contributed by atoms with Gasteiger partial charge in [0, 0.05) is 17.6 Å². The van der Waals surface area contributed by atoms with Crippen LogP contribution >= 0.6 is 27.5 Å². The summed E-state index contributed by atoms with van der Waals surface area (Å²) < 4.78 is 2.91. The molecule has 7 nitrogen and oxygen atoms in total. The fourth-order valence-electron chi connectivity index (χ4n) is 2.25. The van der Waals surface area contributed by atoms with Crippen molar-refractivity contribution in [1.82, 2.24) is 19.1 Å². The Labute approximate surface area is 142 Å². The normalized spacial score (nSPS) is 11.1. The molecular weight excluding hydrogens is 388 g/mol. The number of imidazole rings is 1. The number of hydrogen-bond donors (Lipinski definition) is 1. The standard InChI is InChI=1S/C14H10BrClN4O3/c1-19-11-10(12(22)18-14(19)23)20(13(15)17-11)6-9(21)7-3-2-4-8(16)5-7/h2-5H,6H2,1H3,(H,18,22,23). The van der Waals surface area contributed by atoms with Crippen LogP contribution in [0.4, 0.5) is 0 Å². The molecule has 3 aromatic rings. The van der Waals surface area contributed by atoms with Gasteiger partial charge < -0.3 is 4.57 Å². The molecule has 23 heavy (non-hydrogen) atoms. The molecule has 0 spiro atoms. The summed E-state index contributed by atoms with van der Waals surface area (Å²) in [5, 5.41) is 0.450. The summed E-state index contributed by atoms with van der Waals surface area (Å²) >= 11 is 9.11. The SMILES string of the molecule is Cn1c(=O)[nH]c(=O)c2c1nc(Br)n2CC(=O)c1cccc(Cl)c1.